The second kappa shape index (κ2) is 4.39. The molecular formula is C7H7NO10S2. The van der Waals surface area contributed by atoms with Gasteiger partial charge in [0.1, 0.15) is 5.75 Å². The minimum absolute atomic E-state index is 0.185. The van der Waals surface area contributed by atoms with Crippen LogP contribution in [0.25, 0.3) is 0 Å². The van der Waals surface area contributed by atoms with Crippen LogP contribution in [0, 0.1) is 0 Å². The van der Waals surface area contributed by atoms with Gasteiger partial charge in [-0.05, 0) is 0 Å². The molecule has 0 aromatic heterocycles. The molecule has 0 radical (unpaired) electrons. The molecule has 112 valence electrons. The lowest BCUT2D eigenvalue weighted by molar-refractivity contribution is -0.177. The molecule has 2 rings (SSSR count). The maximum Gasteiger partial charge on any atom is 0.535 e. The fourth-order valence-electron chi connectivity index (χ4n) is 1.37. The molecule has 20 heavy (non-hydrogen) atoms. The molecule has 2 unspecified atom stereocenters. The number of hydrogen-bond acceptors (Lipinski definition) is 9. The molecule has 0 bridgehead atoms. The van der Waals surface area contributed by atoms with Gasteiger partial charge >= 0.3 is 6.16 Å². The molecule has 0 saturated carbocycles. The summed E-state index contributed by atoms with van der Waals surface area (Å²) in [6, 6.07) is 0. The van der Waals surface area contributed by atoms with Crippen LogP contribution >= 0.6 is 0 Å². The third-order valence-electron chi connectivity index (χ3n) is 2.47. The summed E-state index contributed by atoms with van der Waals surface area (Å²) in [4.78, 5) is 38.0. The Labute approximate surface area is 112 Å². The Hall–Kier alpha value is -1.73. The maximum atomic E-state index is 11.4. The number of hydroxylamine groups is 2. The van der Waals surface area contributed by atoms with E-state index >= 15 is 0 Å². The molecule has 0 aromatic carbocycles. The summed E-state index contributed by atoms with van der Waals surface area (Å²) < 4.78 is 56.1. The highest BCUT2D eigenvalue weighted by Crippen LogP contribution is 2.24. The Morgan fingerprint density at radius 1 is 1.35 bits per heavy atom. The van der Waals surface area contributed by atoms with E-state index in [1.807, 2.05) is 0 Å². The molecule has 0 aliphatic carbocycles. The third-order valence-corrected chi connectivity index (χ3v) is 4.96. The highest BCUT2D eigenvalue weighted by molar-refractivity contribution is 7.98. The van der Waals surface area contributed by atoms with Crippen molar-refractivity contribution in [2.75, 3.05) is 5.75 Å². The van der Waals surface area contributed by atoms with Gasteiger partial charge in [0.25, 0.3) is 21.9 Å². The van der Waals surface area contributed by atoms with E-state index < -0.39 is 60.8 Å². The first-order valence-corrected chi connectivity index (χ1v) is 8.17. The van der Waals surface area contributed by atoms with E-state index in [2.05, 4.69) is 9.57 Å². The average molecular weight is 329 g/mol. The lowest BCUT2D eigenvalue weighted by atomic mass is 10.4. The Morgan fingerprint density at radius 3 is 2.30 bits per heavy atom. The molecule has 13 heteroatoms. The maximum absolute atomic E-state index is 11.4. The van der Waals surface area contributed by atoms with Gasteiger partial charge in [-0.3, -0.25) is 19.0 Å². The molecule has 2 aliphatic rings. The van der Waals surface area contributed by atoms with Crippen LogP contribution in [0.4, 0.5) is 4.79 Å². The standard InChI is InChI=1S/C7H7NO10S2/c9-4-1-3(20(14,15)16)6(10)8(4)18-7(11)17-5-2-19(5,12)13/h3,5H,1-2H2,(H,14,15,16). The number of nitrogens with zero attached hydrogens (tertiary/aromatic N) is 1. The van der Waals surface area contributed by atoms with E-state index in [0.717, 1.165) is 0 Å². The van der Waals surface area contributed by atoms with Gasteiger partial charge < -0.3 is 4.74 Å². The van der Waals surface area contributed by atoms with Gasteiger partial charge in [0.15, 0.2) is 15.1 Å². The van der Waals surface area contributed by atoms with E-state index in [4.69, 9.17) is 4.55 Å². The van der Waals surface area contributed by atoms with Crippen LogP contribution in [0.15, 0.2) is 0 Å². The summed E-state index contributed by atoms with van der Waals surface area (Å²) in [7, 11) is -8.32. The van der Waals surface area contributed by atoms with Crippen molar-refractivity contribution < 1.29 is 45.3 Å². The number of sulfone groups is 1. The topological polar surface area (TPSA) is 161 Å². The molecule has 2 saturated heterocycles. The molecule has 1 N–H and O–H groups in total. The Balaban J connectivity index is 2.01. The number of amides is 2. The monoisotopic (exact) mass is 329 g/mol. The van der Waals surface area contributed by atoms with E-state index in [-0.39, 0.29) is 5.06 Å². The van der Waals surface area contributed by atoms with Gasteiger partial charge in [-0.15, -0.1) is 0 Å². The van der Waals surface area contributed by atoms with Crippen LogP contribution in [-0.4, -0.2) is 60.9 Å². The molecule has 2 heterocycles. The van der Waals surface area contributed by atoms with E-state index in [1.54, 1.807) is 0 Å². The average Bonchev–Trinajstić information content (AvgIpc) is 2.76. The molecular weight excluding hydrogens is 322 g/mol. The van der Waals surface area contributed by atoms with Crippen LogP contribution in [0.5, 0.6) is 0 Å². The Kier molecular flexibility index (Phi) is 3.22. The van der Waals surface area contributed by atoms with Gasteiger partial charge in [-0.1, -0.05) is 5.06 Å². The van der Waals surface area contributed by atoms with Gasteiger partial charge in [-0.2, -0.15) is 8.42 Å². The van der Waals surface area contributed by atoms with Crippen LogP contribution in [0.2, 0.25) is 0 Å². The zero-order valence-electron chi connectivity index (χ0n) is 9.45. The van der Waals surface area contributed by atoms with Crippen LogP contribution < -0.4 is 0 Å². The van der Waals surface area contributed by atoms with Crippen molar-refractivity contribution in [3.05, 3.63) is 0 Å². The number of hydrogen-bond donors (Lipinski definition) is 1. The van der Waals surface area contributed by atoms with Crippen molar-refractivity contribution in [1.82, 2.24) is 5.06 Å². The van der Waals surface area contributed by atoms with Gasteiger partial charge in [0.2, 0.25) is 5.44 Å². The van der Waals surface area contributed by atoms with Crippen molar-refractivity contribution in [1.29, 1.82) is 0 Å². The van der Waals surface area contributed by atoms with Gasteiger partial charge in [0.05, 0.1) is 6.42 Å². The molecule has 2 atom stereocenters. The normalized spacial score (nSPS) is 28.4. The zero-order chi connectivity index (χ0) is 15.3. The first kappa shape index (κ1) is 14.7. The Morgan fingerprint density at radius 2 is 1.90 bits per heavy atom. The first-order valence-electron chi connectivity index (χ1n) is 4.95. The minimum Gasteiger partial charge on any atom is -0.412 e. The van der Waals surface area contributed by atoms with Crippen LogP contribution in [0.1, 0.15) is 6.42 Å². The smallest absolute Gasteiger partial charge is 0.412 e. The quantitative estimate of drug-likeness (QED) is 0.261. The molecule has 2 aliphatic heterocycles. The highest BCUT2D eigenvalue weighted by atomic mass is 32.2. The van der Waals surface area contributed by atoms with E-state index in [0.29, 0.717) is 0 Å². The van der Waals surface area contributed by atoms with Crippen LogP contribution in [0.3, 0.4) is 0 Å². The number of carbonyl (C=O) groups excluding carboxylic acids is 3. The summed E-state index contributed by atoms with van der Waals surface area (Å²) in [5.74, 6) is -3.06. The van der Waals surface area contributed by atoms with Crippen molar-refractivity contribution in [3.63, 3.8) is 0 Å². The highest BCUT2D eigenvalue weighted by Gasteiger charge is 2.51. The Bertz CT molecular complexity index is 691. The van der Waals surface area contributed by atoms with Crippen molar-refractivity contribution in [3.8, 4) is 0 Å². The summed E-state index contributed by atoms with van der Waals surface area (Å²) in [6.45, 7) is 0. The third kappa shape index (κ3) is 2.73. The predicted molar refractivity (Wildman–Crippen MR) is 56.9 cm³/mol. The predicted octanol–water partition coefficient (Wildman–Crippen LogP) is -2.18. The SMILES string of the molecule is O=C(OC1CS1(=O)=O)ON1C(=O)CC(S(=O)(=O)O)C1=O. The second-order valence-electron chi connectivity index (χ2n) is 3.95. The van der Waals surface area contributed by atoms with E-state index in [1.165, 1.54) is 0 Å². The first-order chi connectivity index (χ1) is 9.02. The second-order valence-corrected chi connectivity index (χ2v) is 7.74. The lowest BCUT2D eigenvalue weighted by Crippen LogP contribution is -2.37. The summed E-state index contributed by atoms with van der Waals surface area (Å²) in [6.07, 6.45) is -2.54. The van der Waals surface area contributed by atoms with Crippen molar-refractivity contribution in [2.45, 2.75) is 17.1 Å². The molecule has 2 fully saturated rings. The number of carbonyl (C=O) groups is 3. The van der Waals surface area contributed by atoms with Gasteiger partial charge in [-0.25, -0.2) is 13.2 Å². The van der Waals surface area contributed by atoms with Gasteiger partial charge in [0, 0.05) is 0 Å². The molecule has 0 spiro atoms. The number of rotatable bonds is 3. The fraction of sp³-hybridized carbons (Fsp3) is 0.571. The van der Waals surface area contributed by atoms with Crippen molar-refractivity contribution in [2.24, 2.45) is 0 Å². The summed E-state index contributed by atoms with van der Waals surface area (Å²) in [5.41, 5.74) is -1.40. The molecule has 11 nitrogen and oxygen atoms in total. The molecule has 2 amide bonds. The number of ether oxygens (including phenoxy) is 1. The summed E-state index contributed by atoms with van der Waals surface area (Å²) in [5, 5.41) is -2.25. The van der Waals surface area contributed by atoms with E-state index in [9.17, 15) is 31.2 Å². The zero-order valence-corrected chi connectivity index (χ0v) is 11.1. The lowest BCUT2D eigenvalue weighted by Gasteiger charge is -2.12. The minimum atomic E-state index is -4.82. The fourth-order valence-corrected chi connectivity index (χ4v) is 3.00. The van der Waals surface area contributed by atoms with Crippen LogP contribution in [-0.2, 0) is 39.1 Å². The van der Waals surface area contributed by atoms with Crippen molar-refractivity contribution >= 4 is 37.9 Å². The molecule has 0 aromatic rings. The largest absolute Gasteiger partial charge is 0.535 e. The number of imide groups is 1. The summed E-state index contributed by atoms with van der Waals surface area (Å²) >= 11 is 0.